The molecule has 7 nitrogen and oxygen atoms in total. The second kappa shape index (κ2) is 4.48. The monoisotopic (exact) mass is 228 g/mol. The quantitative estimate of drug-likeness (QED) is 0.597. The first-order valence-electron chi connectivity index (χ1n) is 4.91. The van der Waals surface area contributed by atoms with Crippen LogP contribution in [0.1, 0.15) is 12.7 Å². The van der Waals surface area contributed by atoms with Crippen molar-refractivity contribution < 1.29 is 10.0 Å². The summed E-state index contributed by atoms with van der Waals surface area (Å²) in [5.74, 6) is 0.797. The van der Waals surface area contributed by atoms with Gasteiger partial charge in [0.1, 0.15) is 0 Å². The Bertz CT molecular complexity index is 402. The Kier molecular flexibility index (Phi) is 3.48. The predicted molar refractivity (Wildman–Crippen MR) is 59.6 cm³/mol. The van der Waals surface area contributed by atoms with Crippen molar-refractivity contribution in [2.75, 3.05) is 18.6 Å². The standard InChI is InChI=1S/C9H16N4O3/c1-6(5-14)11(3)9-8(13(15)16)10-7(2)12(9)4/h6,14H,5H2,1-4H3. The molecule has 1 atom stereocenters. The van der Waals surface area contributed by atoms with Crippen LogP contribution in [-0.4, -0.2) is 39.3 Å². The molecule has 1 N–H and O–H groups in total. The molecule has 1 aromatic rings. The van der Waals surface area contributed by atoms with Crippen molar-refractivity contribution in [3.8, 4) is 0 Å². The number of likely N-dealkylation sites (N-methyl/N-ethyl adjacent to an activating group) is 1. The number of aliphatic hydroxyl groups excluding tert-OH is 1. The fraction of sp³-hybridized carbons (Fsp3) is 0.667. The Morgan fingerprint density at radius 1 is 1.69 bits per heavy atom. The van der Waals surface area contributed by atoms with E-state index in [9.17, 15) is 10.1 Å². The molecule has 0 spiro atoms. The first kappa shape index (κ1) is 12.4. The number of aryl methyl sites for hydroxylation is 1. The number of aromatic nitrogens is 2. The topological polar surface area (TPSA) is 84.4 Å². The van der Waals surface area contributed by atoms with Crippen molar-refractivity contribution in [1.82, 2.24) is 9.55 Å². The summed E-state index contributed by atoms with van der Waals surface area (Å²) in [6.07, 6.45) is 0. The molecular weight excluding hydrogens is 212 g/mol. The molecule has 0 bridgehead atoms. The molecule has 90 valence electrons. The molecule has 0 aliphatic heterocycles. The number of aliphatic hydroxyl groups is 1. The summed E-state index contributed by atoms with van der Waals surface area (Å²) in [6, 6.07) is -0.200. The normalized spacial score (nSPS) is 12.6. The smallest absolute Gasteiger partial charge is 0.394 e. The average Bonchev–Trinajstić information content (AvgIpc) is 2.54. The highest BCUT2D eigenvalue weighted by Crippen LogP contribution is 2.28. The highest BCUT2D eigenvalue weighted by Gasteiger charge is 2.28. The zero-order valence-electron chi connectivity index (χ0n) is 9.84. The Hall–Kier alpha value is -1.63. The zero-order chi connectivity index (χ0) is 12.5. The van der Waals surface area contributed by atoms with Crippen molar-refractivity contribution in [2.24, 2.45) is 7.05 Å². The van der Waals surface area contributed by atoms with Gasteiger partial charge >= 0.3 is 5.82 Å². The second-order valence-electron chi connectivity index (χ2n) is 3.76. The van der Waals surface area contributed by atoms with E-state index in [0.717, 1.165) is 0 Å². The number of hydrogen-bond donors (Lipinski definition) is 1. The van der Waals surface area contributed by atoms with E-state index in [2.05, 4.69) is 4.98 Å². The fourth-order valence-electron chi connectivity index (χ4n) is 1.43. The van der Waals surface area contributed by atoms with Gasteiger partial charge in [0.2, 0.25) is 11.6 Å². The van der Waals surface area contributed by atoms with Crippen LogP contribution in [-0.2, 0) is 7.05 Å². The van der Waals surface area contributed by atoms with E-state index in [-0.39, 0.29) is 18.5 Å². The van der Waals surface area contributed by atoms with Crippen LogP contribution >= 0.6 is 0 Å². The minimum atomic E-state index is -0.511. The van der Waals surface area contributed by atoms with E-state index >= 15 is 0 Å². The van der Waals surface area contributed by atoms with E-state index in [1.165, 1.54) is 0 Å². The van der Waals surface area contributed by atoms with Crippen LogP contribution in [0.5, 0.6) is 0 Å². The third-order valence-electron chi connectivity index (χ3n) is 2.70. The van der Waals surface area contributed by atoms with E-state index in [0.29, 0.717) is 11.6 Å². The minimum absolute atomic E-state index is 0.0715. The van der Waals surface area contributed by atoms with Gasteiger partial charge in [-0.15, -0.1) is 0 Å². The van der Waals surface area contributed by atoms with Crippen LogP contribution in [0.2, 0.25) is 0 Å². The van der Waals surface area contributed by atoms with Gasteiger partial charge in [-0.25, -0.2) is 0 Å². The molecule has 0 saturated heterocycles. The number of imidazole rings is 1. The summed E-state index contributed by atoms with van der Waals surface area (Å²) < 4.78 is 1.64. The lowest BCUT2D eigenvalue weighted by Crippen LogP contribution is -2.33. The molecule has 0 aliphatic rings. The fourth-order valence-corrected chi connectivity index (χ4v) is 1.43. The third-order valence-corrected chi connectivity index (χ3v) is 2.70. The molecule has 1 aromatic heterocycles. The van der Waals surface area contributed by atoms with Gasteiger partial charge < -0.3 is 20.1 Å². The lowest BCUT2D eigenvalue weighted by atomic mass is 10.3. The summed E-state index contributed by atoms with van der Waals surface area (Å²) in [6.45, 7) is 3.41. The van der Waals surface area contributed by atoms with E-state index in [4.69, 9.17) is 5.11 Å². The van der Waals surface area contributed by atoms with Gasteiger partial charge in [-0.3, -0.25) is 4.57 Å². The number of nitro groups is 1. The largest absolute Gasteiger partial charge is 0.406 e. The van der Waals surface area contributed by atoms with Gasteiger partial charge in [-0.2, -0.15) is 0 Å². The third kappa shape index (κ3) is 1.99. The summed E-state index contributed by atoms with van der Waals surface area (Å²) in [5.41, 5.74) is 0. The summed E-state index contributed by atoms with van der Waals surface area (Å²) >= 11 is 0. The minimum Gasteiger partial charge on any atom is -0.394 e. The van der Waals surface area contributed by atoms with Crippen LogP contribution in [0.25, 0.3) is 0 Å². The van der Waals surface area contributed by atoms with Crippen molar-refractivity contribution in [2.45, 2.75) is 19.9 Å². The van der Waals surface area contributed by atoms with Crippen molar-refractivity contribution in [1.29, 1.82) is 0 Å². The van der Waals surface area contributed by atoms with Crippen molar-refractivity contribution >= 4 is 11.6 Å². The van der Waals surface area contributed by atoms with Gasteiger partial charge in [-0.05, 0) is 16.8 Å². The highest BCUT2D eigenvalue weighted by atomic mass is 16.6. The number of anilines is 1. The highest BCUT2D eigenvalue weighted by molar-refractivity contribution is 5.55. The lowest BCUT2D eigenvalue weighted by molar-refractivity contribution is -0.388. The molecule has 0 aromatic carbocycles. The molecule has 0 fully saturated rings. The number of hydrogen-bond acceptors (Lipinski definition) is 5. The van der Waals surface area contributed by atoms with E-state index in [1.54, 1.807) is 37.4 Å². The van der Waals surface area contributed by atoms with Crippen LogP contribution < -0.4 is 4.90 Å². The summed E-state index contributed by atoms with van der Waals surface area (Å²) in [4.78, 5) is 15.9. The Morgan fingerprint density at radius 3 is 2.69 bits per heavy atom. The molecule has 0 radical (unpaired) electrons. The molecule has 0 amide bonds. The maximum absolute atomic E-state index is 10.8. The molecule has 0 saturated carbocycles. The van der Waals surface area contributed by atoms with Crippen LogP contribution in [0.15, 0.2) is 0 Å². The Labute approximate surface area is 93.5 Å². The molecule has 1 rings (SSSR count). The Morgan fingerprint density at radius 2 is 2.25 bits per heavy atom. The van der Waals surface area contributed by atoms with Gasteiger partial charge in [0, 0.05) is 21.0 Å². The average molecular weight is 228 g/mol. The van der Waals surface area contributed by atoms with Crippen LogP contribution in [0.3, 0.4) is 0 Å². The number of rotatable bonds is 4. The first-order valence-corrected chi connectivity index (χ1v) is 4.91. The van der Waals surface area contributed by atoms with Crippen molar-refractivity contribution in [3.05, 3.63) is 15.9 Å². The SMILES string of the molecule is Cc1nc([N+](=O)[O-])c(N(C)C(C)CO)n1C. The summed E-state index contributed by atoms with van der Waals surface area (Å²) in [5, 5.41) is 19.9. The van der Waals surface area contributed by atoms with Gasteiger partial charge in [0.25, 0.3) is 0 Å². The van der Waals surface area contributed by atoms with Gasteiger partial charge in [-0.1, -0.05) is 0 Å². The molecule has 7 heteroatoms. The predicted octanol–water partition coefficient (Wildman–Crippen LogP) is 0.454. The lowest BCUT2D eigenvalue weighted by Gasteiger charge is -2.24. The summed E-state index contributed by atoms with van der Waals surface area (Å²) in [7, 11) is 3.41. The van der Waals surface area contributed by atoms with Gasteiger partial charge in [0.05, 0.1) is 12.6 Å². The molecular formula is C9H16N4O3. The van der Waals surface area contributed by atoms with Gasteiger partial charge in [0.15, 0.2) is 0 Å². The maximum Gasteiger partial charge on any atom is 0.406 e. The molecule has 1 unspecified atom stereocenters. The number of nitrogens with zero attached hydrogens (tertiary/aromatic N) is 4. The molecule has 0 aliphatic carbocycles. The molecule has 1 heterocycles. The first-order chi connectivity index (χ1) is 7.40. The Balaban J connectivity index is 3.25. The van der Waals surface area contributed by atoms with Crippen LogP contribution in [0, 0.1) is 17.0 Å². The van der Waals surface area contributed by atoms with E-state index in [1.807, 2.05) is 0 Å². The zero-order valence-corrected chi connectivity index (χ0v) is 9.84. The van der Waals surface area contributed by atoms with E-state index < -0.39 is 4.92 Å². The second-order valence-corrected chi connectivity index (χ2v) is 3.76. The molecule has 16 heavy (non-hydrogen) atoms. The maximum atomic E-state index is 10.8. The van der Waals surface area contributed by atoms with Crippen LogP contribution in [0.4, 0.5) is 11.6 Å². The van der Waals surface area contributed by atoms with Crippen molar-refractivity contribution in [3.63, 3.8) is 0 Å².